The van der Waals surface area contributed by atoms with Gasteiger partial charge in [-0.3, -0.25) is 9.59 Å². The van der Waals surface area contributed by atoms with Crippen molar-refractivity contribution in [1.29, 1.82) is 0 Å². The Hall–Kier alpha value is -2.71. The number of aliphatic carboxylic acids is 3. The summed E-state index contributed by atoms with van der Waals surface area (Å²) in [5, 5.41) is 32.0. The zero-order valence-corrected chi connectivity index (χ0v) is 21.6. The molecule has 1 rings (SSSR count). The Morgan fingerprint density at radius 3 is 2.06 bits per heavy atom. The van der Waals surface area contributed by atoms with E-state index < -0.39 is 42.9 Å². The van der Waals surface area contributed by atoms with E-state index in [0.29, 0.717) is 0 Å². The predicted octanol–water partition coefficient (Wildman–Crippen LogP) is -0.301. The topological polar surface area (TPSA) is 182 Å². The normalized spacial score (nSPS) is 10.6. The molecular formula is C19H26N3O8Tl. The first-order chi connectivity index (χ1) is 14.6. The fourth-order valence-corrected chi connectivity index (χ4v) is 2.75. The number of nitrogens with one attached hydrogen (secondary N) is 3. The number of carboxylic acid groups (broad SMARTS) is 3. The smallest absolute Gasteiger partial charge is 0.326 e. The van der Waals surface area contributed by atoms with Crippen LogP contribution in [0, 0.1) is 0 Å². The van der Waals surface area contributed by atoms with Crippen LogP contribution < -0.4 is 19.1 Å². The monoisotopic (exact) mass is 629 g/mol. The zero-order chi connectivity index (χ0) is 23.8. The summed E-state index contributed by atoms with van der Waals surface area (Å²) in [6.07, 6.45) is 1.45. The van der Waals surface area contributed by atoms with Gasteiger partial charge in [-0.1, -0.05) is 0 Å². The van der Waals surface area contributed by atoms with Crippen molar-refractivity contribution in [2.45, 2.75) is 38.6 Å². The minimum atomic E-state index is -1.39. The Bertz CT molecular complexity index is 755. The number of carbonyl (C=O) groups is 5. The number of carboxylic acids is 3. The number of benzene rings is 1. The summed E-state index contributed by atoms with van der Waals surface area (Å²) in [6, 6.07) is 5.50. The molecule has 0 radical (unpaired) electrons. The Morgan fingerprint density at radius 2 is 1.58 bits per heavy atom. The molecule has 0 aliphatic rings. The van der Waals surface area contributed by atoms with Crippen molar-refractivity contribution in [2.75, 3.05) is 13.1 Å². The van der Waals surface area contributed by atoms with Crippen molar-refractivity contribution in [1.82, 2.24) is 16.0 Å². The third-order valence-electron chi connectivity index (χ3n) is 3.64. The van der Waals surface area contributed by atoms with Crippen LogP contribution >= 0.6 is 0 Å². The summed E-state index contributed by atoms with van der Waals surface area (Å²) in [6.45, 7) is 2.24. The maximum Gasteiger partial charge on any atom is 0.326 e. The summed E-state index contributed by atoms with van der Waals surface area (Å²) in [7, 11) is 0. The molecule has 11 nitrogen and oxygen atoms in total. The van der Waals surface area contributed by atoms with Crippen molar-refractivity contribution in [3.8, 4) is 0 Å². The second kappa shape index (κ2) is 16.0. The molecule has 1 atom stereocenters. The largest absolute Gasteiger partial charge is 0.481 e. The molecule has 0 saturated heterocycles. The molecule has 0 heterocycles. The van der Waals surface area contributed by atoms with Crippen LogP contribution in [0.4, 0.5) is 4.79 Å². The maximum absolute atomic E-state index is 11.5. The molecular weight excluding hydrogens is 603 g/mol. The summed E-state index contributed by atoms with van der Waals surface area (Å²) in [5.74, 6) is -3.82. The molecule has 12 heteroatoms. The predicted molar refractivity (Wildman–Crippen MR) is 112 cm³/mol. The average Bonchev–Trinajstić information content (AvgIpc) is 2.70. The standard InChI is InChI=1S/C11H14NO.C8H12N2O7.Tl/c1-2-3-9-12-11(13)10-7-5-4-6-8-10;11-5(12)2-1-4(7(15)16)10-8(17)9-3-6(13)14;/h5-8H,2-3,9H2,1H3,(H,12,13);4H,1-3H2,(H,11,12)(H,13,14)(H,15,16)(H2,9,10,17);. The molecule has 1 aromatic carbocycles. The second-order valence-corrected chi connectivity index (χ2v) is 8.87. The van der Waals surface area contributed by atoms with Crippen LogP contribution in [-0.4, -0.2) is 90.1 Å². The number of carbonyl (C=O) groups excluding carboxylic acids is 2. The van der Waals surface area contributed by atoms with E-state index in [1.54, 1.807) is 0 Å². The third kappa shape index (κ3) is 14.8. The van der Waals surface area contributed by atoms with E-state index in [-0.39, 0.29) is 12.3 Å². The second-order valence-electron chi connectivity index (χ2n) is 6.28. The number of urea groups is 1. The molecule has 1 unspecified atom stereocenters. The SMILES string of the molecule is CCCCNC(=O)c1cc[c]([Tl])cc1.O=C(O)CCC(NC(=O)NCC(=O)O)C(=O)O. The summed E-state index contributed by atoms with van der Waals surface area (Å²) in [4.78, 5) is 53.5. The molecule has 0 saturated carbocycles. The van der Waals surface area contributed by atoms with Gasteiger partial charge in [0, 0.05) is 6.42 Å². The van der Waals surface area contributed by atoms with Crippen molar-refractivity contribution in [3.05, 3.63) is 29.8 Å². The molecule has 168 valence electrons. The Labute approximate surface area is 195 Å². The molecule has 0 aliphatic heterocycles. The van der Waals surface area contributed by atoms with Crippen LogP contribution in [0.1, 0.15) is 43.0 Å². The van der Waals surface area contributed by atoms with Gasteiger partial charge in [0.25, 0.3) is 0 Å². The van der Waals surface area contributed by atoms with Gasteiger partial charge >= 0.3 is 125 Å². The average molecular weight is 629 g/mol. The molecule has 6 N–H and O–H groups in total. The molecule has 0 aromatic heterocycles. The Balaban J connectivity index is 0.000000590. The van der Waals surface area contributed by atoms with Crippen LogP contribution in [0.15, 0.2) is 24.3 Å². The summed E-state index contributed by atoms with van der Waals surface area (Å²) >= 11 is 0.845. The Morgan fingerprint density at radius 1 is 0.968 bits per heavy atom. The summed E-state index contributed by atoms with van der Waals surface area (Å²) in [5.41, 5.74) is 0.769. The molecule has 0 fully saturated rings. The van der Waals surface area contributed by atoms with Gasteiger partial charge in [0.2, 0.25) is 0 Å². The van der Waals surface area contributed by atoms with Gasteiger partial charge in [0.05, 0.1) is 0 Å². The van der Waals surface area contributed by atoms with Crippen LogP contribution in [0.5, 0.6) is 0 Å². The number of hydrogen-bond acceptors (Lipinski definition) is 5. The van der Waals surface area contributed by atoms with Gasteiger partial charge in [-0.15, -0.1) is 0 Å². The fourth-order valence-electron chi connectivity index (χ4n) is 2.01. The van der Waals surface area contributed by atoms with Gasteiger partial charge in [-0.2, -0.15) is 0 Å². The molecule has 0 bridgehead atoms. The van der Waals surface area contributed by atoms with Gasteiger partial charge in [0.1, 0.15) is 12.6 Å². The molecule has 1 aromatic rings. The first-order valence-electron chi connectivity index (χ1n) is 9.41. The van der Waals surface area contributed by atoms with Crippen LogP contribution in [0.25, 0.3) is 0 Å². The van der Waals surface area contributed by atoms with E-state index in [0.717, 1.165) is 50.7 Å². The Kier molecular flexibility index (Phi) is 14.6. The minimum absolute atomic E-state index is 0.0449. The van der Waals surface area contributed by atoms with Crippen molar-refractivity contribution in [2.24, 2.45) is 0 Å². The minimum Gasteiger partial charge on any atom is -0.481 e. The van der Waals surface area contributed by atoms with E-state index in [1.807, 2.05) is 34.9 Å². The maximum atomic E-state index is 11.5. The molecule has 31 heavy (non-hydrogen) atoms. The van der Waals surface area contributed by atoms with Crippen LogP contribution in [0.2, 0.25) is 0 Å². The van der Waals surface area contributed by atoms with Crippen molar-refractivity contribution >= 4 is 58.7 Å². The van der Waals surface area contributed by atoms with Gasteiger partial charge in [-0.25, -0.2) is 9.59 Å². The number of amides is 3. The van der Waals surface area contributed by atoms with Gasteiger partial charge in [0.15, 0.2) is 0 Å². The van der Waals surface area contributed by atoms with E-state index in [9.17, 15) is 24.0 Å². The van der Waals surface area contributed by atoms with Crippen molar-refractivity contribution in [3.63, 3.8) is 0 Å². The summed E-state index contributed by atoms with van der Waals surface area (Å²) < 4.78 is 1.34. The number of hydrogen-bond donors (Lipinski definition) is 6. The van der Waals surface area contributed by atoms with E-state index >= 15 is 0 Å². The van der Waals surface area contributed by atoms with Crippen LogP contribution in [0.3, 0.4) is 0 Å². The van der Waals surface area contributed by atoms with Gasteiger partial charge < -0.3 is 26.0 Å². The van der Waals surface area contributed by atoms with E-state index in [2.05, 4.69) is 12.2 Å². The van der Waals surface area contributed by atoms with E-state index in [1.165, 1.54) is 3.12 Å². The van der Waals surface area contributed by atoms with Crippen LogP contribution in [-0.2, 0) is 14.4 Å². The zero-order valence-electron chi connectivity index (χ0n) is 17.1. The quantitative estimate of drug-likeness (QED) is 0.143. The first-order valence-corrected chi connectivity index (χ1v) is 11.7. The molecule has 0 aliphatic carbocycles. The van der Waals surface area contributed by atoms with Crippen molar-refractivity contribution < 1.29 is 39.3 Å². The number of rotatable bonds is 11. The molecule has 3 amide bonds. The molecule has 0 spiro atoms. The third-order valence-corrected chi connectivity index (χ3v) is 5.14. The number of unbranched alkanes of at least 4 members (excludes halogenated alkanes) is 1. The fraction of sp³-hybridized carbons (Fsp3) is 0.421. The van der Waals surface area contributed by atoms with Gasteiger partial charge in [-0.05, 0) is 6.42 Å². The van der Waals surface area contributed by atoms with E-state index in [4.69, 9.17) is 15.3 Å². The first kappa shape index (κ1) is 28.3.